The third-order valence-electron chi connectivity index (χ3n) is 4.04. The molecule has 0 aliphatic heterocycles. The third kappa shape index (κ3) is 4.23. The van der Waals surface area contributed by atoms with Gasteiger partial charge < -0.3 is 15.3 Å². The van der Waals surface area contributed by atoms with Crippen LogP contribution in [0.3, 0.4) is 0 Å². The summed E-state index contributed by atoms with van der Waals surface area (Å²) in [7, 11) is 2.18. The summed E-state index contributed by atoms with van der Waals surface area (Å²) in [5.74, 6) is 1.41. The van der Waals surface area contributed by atoms with Gasteiger partial charge in [0, 0.05) is 13.1 Å². The van der Waals surface area contributed by atoms with E-state index in [1.807, 2.05) is 0 Å². The van der Waals surface area contributed by atoms with Gasteiger partial charge >= 0.3 is 0 Å². The van der Waals surface area contributed by atoms with Crippen LogP contribution >= 0.6 is 0 Å². The van der Waals surface area contributed by atoms with E-state index in [4.69, 9.17) is 0 Å². The van der Waals surface area contributed by atoms with Gasteiger partial charge in [0.05, 0.1) is 12.1 Å². The van der Waals surface area contributed by atoms with Crippen LogP contribution in [0, 0.1) is 11.8 Å². The van der Waals surface area contributed by atoms with Gasteiger partial charge in [0.2, 0.25) is 0 Å². The molecule has 102 valence electrons. The van der Waals surface area contributed by atoms with Crippen molar-refractivity contribution in [2.24, 2.45) is 11.8 Å². The molecule has 0 bridgehead atoms. The molecule has 1 saturated carbocycles. The highest BCUT2D eigenvalue weighted by molar-refractivity contribution is 5.02. The summed E-state index contributed by atoms with van der Waals surface area (Å²) >= 11 is 0. The molecule has 17 heavy (non-hydrogen) atoms. The molecule has 2 atom stereocenters. The van der Waals surface area contributed by atoms with E-state index in [9.17, 15) is 5.11 Å². The topological polar surface area (TPSA) is 35.5 Å². The van der Waals surface area contributed by atoms with Crippen molar-refractivity contribution in [1.82, 2.24) is 10.2 Å². The van der Waals surface area contributed by atoms with E-state index >= 15 is 0 Å². The van der Waals surface area contributed by atoms with Crippen molar-refractivity contribution in [3.8, 4) is 0 Å². The first-order valence-electron chi connectivity index (χ1n) is 7.12. The molecular weight excluding hydrogens is 212 g/mol. The lowest BCUT2D eigenvalue weighted by atomic mass is 9.92. The number of likely N-dealkylation sites (N-methyl/N-ethyl adjacent to an activating group) is 2. The predicted molar refractivity (Wildman–Crippen MR) is 73.2 cm³/mol. The SMILES string of the molecule is CCNC(CO)(CN(C)CC(C)CC)C1CC1. The minimum atomic E-state index is -0.0586. The normalized spacial score (nSPS) is 21.5. The number of aliphatic hydroxyl groups is 1. The number of nitrogens with zero attached hydrogens (tertiary/aromatic N) is 1. The maximum atomic E-state index is 9.77. The minimum absolute atomic E-state index is 0.0586. The Morgan fingerprint density at radius 2 is 2.06 bits per heavy atom. The van der Waals surface area contributed by atoms with Crippen molar-refractivity contribution in [1.29, 1.82) is 0 Å². The van der Waals surface area contributed by atoms with E-state index in [0.717, 1.165) is 25.6 Å². The largest absolute Gasteiger partial charge is 0.394 e. The molecule has 3 heteroatoms. The Labute approximate surface area is 107 Å². The van der Waals surface area contributed by atoms with Crippen LogP contribution in [0.15, 0.2) is 0 Å². The van der Waals surface area contributed by atoms with Crippen molar-refractivity contribution in [3.05, 3.63) is 0 Å². The number of rotatable bonds is 9. The predicted octanol–water partition coefficient (Wildman–Crippen LogP) is 1.71. The molecule has 1 aliphatic rings. The zero-order valence-electron chi connectivity index (χ0n) is 12.0. The average molecular weight is 242 g/mol. The molecule has 0 aromatic rings. The average Bonchev–Trinajstić information content (AvgIpc) is 3.12. The van der Waals surface area contributed by atoms with E-state index in [2.05, 4.69) is 38.0 Å². The summed E-state index contributed by atoms with van der Waals surface area (Å²) in [5.41, 5.74) is -0.0586. The smallest absolute Gasteiger partial charge is 0.0628 e. The van der Waals surface area contributed by atoms with Crippen molar-refractivity contribution >= 4 is 0 Å². The molecule has 0 spiro atoms. The van der Waals surface area contributed by atoms with Gasteiger partial charge in [-0.2, -0.15) is 0 Å². The van der Waals surface area contributed by atoms with Crippen LogP contribution in [0.5, 0.6) is 0 Å². The first-order chi connectivity index (χ1) is 8.07. The van der Waals surface area contributed by atoms with Crippen LogP contribution in [-0.4, -0.2) is 48.8 Å². The van der Waals surface area contributed by atoms with Gasteiger partial charge in [-0.25, -0.2) is 0 Å². The lowest BCUT2D eigenvalue weighted by molar-refractivity contribution is 0.0967. The third-order valence-corrected chi connectivity index (χ3v) is 4.04. The maximum absolute atomic E-state index is 9.77. The molecule has 2 unspecified atom stereocenters. The molecule has 1 aliphatic carbocycles. The van der Waals surface area contributed by atoms with Crippen LogP contribution in [0.2, 0.25) is 0 Å². The highest BCUT2D eigenvalue weighted by Gasteiger charge is 2.44. The summed E-state index contributed by atoms with van der Waals surface area (Å²) in [4.78, 5) is 2.38. The van der Waals surface area contributed by atoms with Gasteiger partial charge in [0.15, 0.2) is 0 Å². The Kier molecular flexibility index (Phi) is 5.90. The lowest BCUT2D eigenvalue weighted by Gasteiger charge is -2.37. The fourth-order valence-corrected chi connectivity index (χ4v) is 2.76. The number of aliphatic hydroxyl groups excluding tert-OH is 1. The highest BCUT2D eigenvalue weighted by atomic mass is 16.3. The molecule has 0 heterocycles. The Hall–Kier alpha value is -0.120. The number of nitrogens with one attached hydrogen (secondary N) is 1. The van der Waals surface area contributed by atoms with Crippen molar-refractivity contribution in [2.75, 3.05) is 33.3 Å². The van der Waals surface area contributed by atoms with E-state index in [1.165, 1.54) is 19.3 Å². The fraction of sp³-hybridized carbons (Fsp3) is 1.00. The van der Waals surface area contributed by atoms with E-state index in [0.29, 0.717) is 5.92 Å². The summed E-state index contributed by atoms with van der Waals surface area (Å²) in [5, 5.41) is 13.3. The molecule has 1 fully saturated rings. The van der Waals surface area contributed by atoms with Crippen LogP contribution in [-0.2, 0) is 0 Å². The lowest BCUT2D eigenvalue weighted by Crippen LogP contribution is -2.57. The van der Waals surface area contributed by atoms with Crippen LogP contribution < -0.4 is 5.32 Å². The fourth-order valence-electron chi connectivity index (χ4n) is 2.76. The van der Waals surface area contributed by atoms with Crippen LogP contribution in [0.25, 0.3) is 0 Å². The van der Waals surface area contributed by atoms with Crippen LogP contribution in [0.1, 0.15) is 40.0 Å². The summed E-state index contributed by atoms with van der Waals surface area (Å²) in [6, 6.07) is 0. The summed E-state index contributed by atoms with van der Waals surface area (Å²) in [6.45, 7) is 9.94. The summed E-state index contributed by atoms with van der Waals surface area (Å²) < 4.78 is 0. The van der Waals surface area contributed by atoms with E-state index in [1.54, 1.807) is 0 Å². The molecule has 0 radical (unpaired) electrons. The molecule has 2 N–H and O–H groups in total. The standard InChI is InChI=1S/C14H30N2O/c1-5-12(3)9-16(4)10-14(11-17,15-6-2)13-7-8-13/h12-13,15,17H,5-11H2,1-4H3. The highest BCUT2D eigenvalue weighted by Crippen LogP contribution is 2.40. The second kappa shape index (κ2) is 6.72. The molecule has 0 amide bonds. The van der Waals surface area contributed by atoms with Crippen molar-refractivity contribution < 1.29 is 5.11 Å². The molecule has 3 nitrogen and oxygen atoms in total. The quantitative estimate of drug-likeness (QED) is 0.646. The van der Waals surface area contributed by atoms with Gasteiger partial charge in [0.25, 0.3) is 0 Å². The second-order valence-electron chi connectivity index (χ2n) is 5.83. The molecular formula is C14H30N2O. The Balaban J connectivity index is 2.52. The molecule has 1 rings (SSSR count). The number of hydrogen-bond donors (Lipinski definition) is 2. The van der Waals surface area contributed by atoms with Crippen molar-refractivity contribution in [3.63, 3.8) is 0 Å². The number of hydrogen-bond acceptors (Lipinski definition) is 3. The van der Waals surface area contributed by atoms with Gasteiger partial charge in [0.1, 0.15) is 0 Å². The second-order valence-corrected chi connectivity index (χ2v) is 5.83. The zero-order chi connectivity index (χ0) is 12.9. The van der Waals surface area contributed by atoms with Gasteiger partial charge in [-0.3, -0.25) is 0 Å². The molecule has 0 aromatic heterocycles. The Morgan fingerprint density at radius 1 is 1.41 bits per heavy atom. The van der Waals surface area contributed by atoms with Gasteiger partial charge in [-0.15, -0.1) is 0 Å². The first kappa shape index (κ1) is 14.9. The Morgan fingerprint density at radius 3 is 2.47 bits per heavy atom. The minimum Gasteiger partial charge on any atom is -0.394 e. The van der Waals surface area contributed by atoms with Gasteiger partial charge in [-0.05, 0) is 38.3 Å². The van der Waals surface area contributed by atoms with Crippen LogP contribution in [0.4, 0.5) is 0 Å². The monoisotopic (exact) mass is 242 g/mol. The van der Waals surface area contributed by atoms with Gasteiger partial charge in [-0.1, -0.05) is 27.2 Å². The zero-order valence-corrected chi connectivity index (χ0v) is 12.0. The molecule has 0 aromatic carbocycles. The Bertz CT molecular complexity index is 218. The maximum Gasteiger partial charge on any atom is 0.0628 e. The van der Waals surface area contributed by atoms with E-state index < -0.39 is 0 Å². The first-order valence-corrected chi connectivity index (χ1v) is 7.12. The van der Waals surface area contributed by atoms with Crippen molar-refractivity contribution in [2.45, 2.75) is 45.6 Å². The van der Waals surface area contributed by atoms with E-state index in [-0.39, 0.29) is 12.1 Å². The molecule has 0 saturated heterocycles. The summed E-state index contributed by atoms with van der Waals surface area (Å²) in [6.07, 6.45) is 3.76.